The van der Waals surface area contributed by atoms with Gasteiger partial charge in [0.2, 0.25) is 0 Å². The first-order valence-corrected chi connectivity index (χ1v) is 9.63. The molecule has 164 valence electrons. The third-order valence-corrected chi connectivity index (χ3v) is 5.05. The van der Waals surface area contributed by atoms with Crippen LogP contribution >= 0.6 is 0 Å². The topological polar surface area (TPSA) is 122 Å². The number of carbonyl (C=O) groups is 3. The minimum atomic E-state index is -0.975. The van der Waals surface area contributed by atoms with Gasteiger partial charge in [-0.05, 0) is 42.0 Å². The van der Waals surface area contributed by atoms with E-state index >= 15 is 0 Å². The average molecular weight is 440 g/mol. The lowest BCUT2D eigenvalue weighted by Gasteiger charge is -2.28. The number of hydrogen-bond acceptors (Lipinski definition) is 7. The van der Waals surface area contributed by atoms with Gasteiger partial charge < -0.3 is 9.64 Å². The largest absolute Gasteiger partial charge is 0.378 e. The van der Waals surface area contributed by atoms with Crippen molar-refractivity contribution in [3.05, 3.63) is 69.5 Å². The summed E-state index contributed by atoms with van der Waals surface area (Å²) >= 11 is 0. The van der Waals surface area contributed by atoms with Crippen LogP contribution in [0.25, 0.3) is 6.08 Å². The molecule has 2 heterocycles. The second-order valence-electron chi connectivity index (χ2n) is 7.04. The molecule has 0 unspecified atom stereocenters. The third kappa shape index (κ3) is 4.05. The molecule has 0 bridgehead atoms. The van der Waals surface area contributed by atoms with Crippen molar-refractivity contribution in [1.82, 2.24) is 5.32 Å². The summed E-state index contributed by atoms with van der Waals surface area (Å²) < 4.78 is 18.5. The van der Waals surface area contributed by atoms with Crippen LogP contribution in [0.15, 0.2) is 48.0 Å². The number of halogens is 1. The lowest BCUT2D eigenvalue weighted by molar-refractivity contribution is -0.384. The average Bonchev–Trinajstić information content (AvgIpc) is 2.78. The predicted octanol–water partition coefficient (Wildman–Crippen LogP) is 2.24. The molecular weight excluding hydrogens is 423 g/mol. The lowest BCUT2D eigenvalue weighted by atomic mass is 10.1. The number of rotatable bonds is 4. The van der Waals surface area contributed by atoms with Crippen LogP contribution in [0, 0.1) is 15.9 Å². The number of carbonyl (C=O) groups excluding carboxylic acids is 3. The normalized spacial score (nSPS) is 18.2. The molecule has 32 heavy (non-hydrogen) atoms. The van der Waals surface area contributed by atoms with Gasteiger partial charge in [0.05, 0.1) is 23.8 Å². The molecule has 2 aliphatic rings. The molecule has 0 atom stereocenters. The van der Waals surface area contributed by atoms with Gasteiger partial charge in [0.25, 0.3) is 17.5 Å². The SMILES string of the molecule is O=C1NC(=O)N(c2ccc(F)cc2)C(=O)/C1=C/c1ccc(N2CCOCC2)c([N+](=O)[O-])c1. The Balaban J connectivity index is 1.69. The number of nitrogens with one attached hydrogen (secondary N) is 1. The monoisotopic (exact) mass is 440 g/mol. The molecule has 11 heteroatoms. The van der Waals surface area contributed by atoms with E-state index in [1.54, 1.807) is 12.1 Å². The summed E-state index contributed by atoms with van der Waals surface area (Å²) in [6.07, 6.45) is 1.18. The molecule has 1 N–H and O–H groups in total. The number of nitro benzene ring substituents is 1. The highest BCUT2D eigenvalue weighted by molar-refractivity contribution is 6.39. The summed E-state index contributed by atoms with van der Waals surface area (Å²) in [7, 11) is 0. The minimum Gasteiger partial charge on any atom is -0.378 e. The number of barbiturate groups is 1. The molecule has 2 fully saturated rings. The van der Waals surface area contributed by atoms with Crippen molar-refractivity contribution >= 4 is 41.0 Å². The van der Waals surface area contributed by atoms with Gasteiger partial charge in [0.1, 0.15) is 17.1 Å². The molecule has 10 nitrogen and oxygen atoms in total. The molecule has 0 aromatic heterocycles. The first kappa shape index (κ1) is 21.1. The van der Waals surface area contributed by atoms with E-state index < -0.39 is 28.6 Å². The highest BCUT2D eigenvalue weighted by atomic mass is 19.1. The molecule has 0 saturated carbocycles. The number of ether oxygens (including phenoxy) is 1. The summed E-state index contributed by atoms with van der Waals surface area (Å²) in [5.41, 5.74) is 0.142. The van der Waals surface area contributed by atoms with Gasteiger partial charge >= 0.3 is 6.03 Å². The second kappa shape index (κ2) is 8.55. The predicted molar refractivity (Wildman–Crippen MR) is 112 cm³/mol. The number of benzene rings is 2. The molecule has 2 saturated heterocycles. The molecule has 0 radical (unpaired) electrons. The van der Waals surface area contributed by atoms with E-state index in [2.05, 4.69) is 5.32 Å². The van der Waals surface area contributed by atoms with Crippen LogP contribution in [0.4, 0.5) is 26.2 Å². The molecule has 4 amide bonds. The summed E-state index contributed by atoms with van der Waals surface area (Å²) in [6.45, 7) is 1.89. The molecule has 2 aliphatic heterocycles. The maximum atomic E-state index is 13.2. The quantitative estimate of drug-likeness (QED) is 0.335. The Morgan fingerprint density at radius 2 is 1.75 bits per heavy atom. The van der Waals surface area contributed by atoms with Gasteiger partial charge in [0, 0.05) is 19.2 Å². The maximum Gasteiger partial charge on any atom is 0.335 e. The number of morpholine rings is 1. The maximum absolute atomic E-state index is 13.2. The van der Waals surface area contributed by atoms with Gasteiger partial charge in [-0.1, -0.05) is 6.07 Å². The van der Waals surface area contributed by atoms with Crippen LogP contribution in [-0.2, 0) is 14.3 Å². The Bertz CT molecular complexity index is 1140. The van der Waals surface area contributed by atoms with E-state index in [0.29, 0.717) is 36.9 Å². The number of nitrogens with zero attached hydrogens (tertiary/aromatic N) is 3. The number of anilines is 2. The van der Waals surface area contributed by atoms with E-state index in [4.69, 9.17) is 4.74 Å². The summed E-state index contributed by atoms with van der Waals surface area (Å²) in [5.74, 6) is -2.42. The smallest absolute Gasteiger partial charge is 0.335 e. The molecular formula is C21H17FN4O6. The van der Waals surface area contributed by atoms with E-state index in [1.807, 2.05) is 4.90 Å². The van der Waals surface area contributed by atoms with Crippen molar-refractivity contribution in [2.45, 2.75) is 0 Å². The number of imide groups is 2. The number of hydrogen-bond donors (Lipinski definition) is 1. The first-order chi connectivity index (χ1) is 15.3. The van der Waals surface area contributed by atoms with Crippen molar-refractivity contribution in [1.29, 1.82) is 0 Å². The Morgan fingerprint density at radius 3 is 2.41 bits per heavy atom. The van der Waals surface area contributed by atoms with Crippen molar-refractivity contribution in [2.24, 2.45) is 0 Å². The molecule has 0 aliphatic carbocycles. The van der Waals surface area contributed by atoms with E-state index in [1.165, 1.54) is 24.3 Å². The molecule has 2 aromatic rings. The van der Waals surface area contributed by atoms with Crippen LogP contribution in [0.2, 0.25) is 0 Å². The Labute approximate surface area is 181 Å². The fourth-order valence-electron chi connectivity index (χ4n) is 3.50. The zero-order valence-corrected chi connectivity index (χ0v) is 16.6. The van der Waals surface area contributed by atoms with Crippen LogP contribution in [0.5, 0.6) is 0 Å². The van der Waals surface area contributed by atoms with Crippen LogP contribution < -0.4 is 15.1 Å². The van der Waals surface area contributed by atoms with Gasteiger partial charge in [-0.25, -0.2) is 14.1 Å². The highest BCUT2D eigenvalue weighted by Gasteiger charge is 2.37. The van der Waals surface area contributed by atoms with Gasteiger partial charge in [0.15, 0.2) is 0 Å². The van der Waals surface area contributed by atoms with Gasteiger partial charge in [-0.3, -0.25) is 25.0 Å². The molecule has 0 spiro atoms. The molecule has 4 rings (SSSR count). The second-order valence-corrected chi connectivity index (χ2v) is 7.04. The lowest BCUT2D eigenvalue weighted by Crippen LogP contribution is -2.54. The van der Waals surface area contributed by atoms with E-state index in [9.17, 15) is 28.9 Å². The third-order valence-electron chi connectivity index (χ3n) is 5.05. The fraction of sp³-hybridized carbons (Fsp3) is 0.190. The van der Waals surface area contributed by atoms with Gasteiger partial charge in [-0.15, -0.1) is 0 Å². The fourth-order valence-corrected chi connectivity index (χ4v) is 3.50. The van der Waals surface area contributed by atoms with Crippen molar-refractivity contribution in [3.8, 4) is 0 Å². The zero-order chi connectivity index (χ0) is 22.8. The Kier molecular flexibility index (Phi) is 5.65. The van der Waals surface area contributed by atoms with Crippen LogP contribution in [0.1, 0.15) is 5.56 Å². The zero-order valence-electron chi connectivity index (χ0n) is 16.6. The summed E-state index contributed by atoms with van der Waals surface area (Å²) in [4.78, 5) is 51.1. The van der Waals surface area contributed by atoms with E-state index in [-0.39, 0.29) is 22.5 Å². The van der Waals surface area contributed by atoms with Gasteiger partial charge in [-0.2, -0.15) is 0 Å². The minimum absolute atomic E-state index is 0.0703. The first-order valence-electron chi connectivity index (χ1n) is 9.63. The van der Waals surface area contributed by atoms with Crippen LogP contribution in [-0.4, -0.2) is 49.1 Å². The Hall–Kier alpha value is -4.12. The van der Waals surface area contributed by atoms with Crippen molar-refractivity contribution in [2.75, 3.05) is 36.1 Å². The van der Waals surface area contributed by atoms with Crippen LogP contribution in [0.3, 0.4) is 0 Å². The van der Waals surface area contributed by atoms with Crippen molar-refractivity contribution < 1.29 is 28.4 Å². The van der Waals surface area contributed by atoms with E-state index in [0.717, 1.165) is 12.1 Å². The Morgan fingerprint density at radius 1 is 1.06 bits per heavy atom. The van der Waals surface area contributed by atoms with Crippen molar-refractivity contribution in [3.63, 3.8) is 0 Å². The number of nitro groups is 1. The molecule has 2 aromatic carbocycles. The standard InChI is InChI=1S/C21H17FN4O6/c22-14-2-4-15(5-3-14)25-20(28)16(19(27)23-21(25)29)11-13-1-6-17(18(12-13)26(30)31)24-7-9-32-10-8-24/h1-6,11-12H,7-10H2,(H,23,27,29)/b16-11+. The highest BCUT2D eigenvalue weighted by Crippen LogP contribution is 2.31. The summed E-state index contributed by atoms with van der Waals surface area (Å²) in [5, 5.41) is 13.7. The number of amides is 4. The number of urea groups is 1. The summed E-state index contributed by atoms with van der Waals surface area (Å²) in [6, 6.07) is 7.97.